The molecule has 0 aromatic carbocycles. The molecule has 0 aliphatic carbocycles. The first-order chi connectivity index (χ1) is 7.72. The summed E-state index contributed by atoms with van der Waals surface area (Å²) in [5.41, 5.74) is -0.0340. The van der Waals surface area contributed by atoms with Gasteiger partial charge in [0.2, 0.25) is 0 Å². The van der Waals surface area contributed by atoms with Crippen molar-refractivity contribution in [3.05, 3.63) is 0 Å². The first kappa shape index (κ1) is 14.8. The van der Waals surface area contributed by atoms with E-state index in [9.17, 15) is 13.2 Å². The highest BCUT2D eigenvalue weighted by Crippen LogP contribution is 2.29. The number of rotatable bonds is 4. The maximum Gasteiger partial charge on any atom is 0.401 e. The van der Waals surface area contributed by atoms with Crippen molar-refractivity contribution < 1.29 is 13.2 Å². The maximum atomic E-state index is 12.5. The highest BCUT2D eigenvalue weighted by Gasteiger charge is 2.36. The zero-order chi connectivity index (χ0) is 13.1. The molecule has 17 heavy (non-hydrogen) atoms. The third-order valence-corrected chi connectivity index (χ3v) is 3.38. The van der Waals surface area contributed by atoms with E-state index in [1.165, 1.54) is 4.90 Å². The summed E-state index contributed by atoms with van der Waals surface area (Å²) in [5, 5.41) is 3.27. The predicted octanol–water partition coefficient (Wildman–Crippen LogP) is 2.65. The highest BCUT2D eigenvalue weighted by atomic mass is 19.4. The predicted molar refractivity (Wildman–Crippen MR) is 63.0 cm³/mol. The first-order valence-corrected chi connectivity index (χ1v) is 6.23. The van der Waals surface area contributed by atoms with Gasteiger partial charge in [-0.1, -0.05) is 6.92 Å². The molecule has 1 aliphatic heterocycles. The Hall–Kier alpha value is -0.290. The van der Waals surface area contributed by atoms with Crippen LogP contribution in [-0.4, -0.2) is 43.3 Å². The quantitative estimate of drug-likeness (QED) is 0.827. The molecule has 0 amide bonds. The van der Waals surface area contributed by atoms with Crippen LogP contribution in [-0.2, 0) is 0 Å². The van der Waals surface area contributed by atoms with Crippen LogP contribution < -0.4 is 5.32 Å². The Kier molecular flexibility index (Phi) is 4.84. The SMILES string of the molecule is CC(C)N(CC(F)(F)F)CC1(C)CCCNC1. The molecule has 1 atom stereocenters. The molecule has 0 aromatic heterocycles. The van der Waals surface area contributed by atoms with Gasteiger partial charge in [0, 0.05) is 19.1 Å². The monoisotopic (exact) mass is 252 g/mol. The smallest absolute Gasteiger partial charge is 0.316 e. The number of halogens is 3. The summed E-state index contributed by atoms with van der Waals surface area (Å²) in [5.74, 6) is 0. The van der Waals surface area contributed by atoms with Crippen LogP contribution in [0.2, 0.25) is 0 Å². The third kappa shape index (κ3) is 5.25. The molecule has 0 saturated carbocycles. The number of alkyl halides is 3. The highest BCUT2D eigenvalue weighted by molar-refractivity contribution is 4.86. The molecule has 102 valence electrons. The second-order valence-electron chi connectivity index (χ2n) is 5.70. The molecular formula is C12H23F3N2. The van der Waals surface area contributed by atoms with E-state index in [1.54, 1.807) is 0 Å². The van der Waals surface area contributed by atoms with Gasteiger partial charge in [-0.2, -0.15) is 13.2 Å². The van der Waals surface area contributed by atoms with E-state index in [0.717, 1.165) is 25.9 Å². The van der Waals surface area contributed by atoms with E-state index in [2.05, 4.69) is 12.2 Å². The molecule has 1 unspecified atom stereocenters. The van der Waals surface area contributed by atoms with Gasteiger partial charge in [-0.15, -0.1) is 0 Å². The molecule has 1 aliphatic rings. The maximum absolute atomic E-state index is 12.5. The molecule has 1 rings (SSSR count). The van der Waals surface area contributed by atoms with E-state index < -0.39 is 12.7 Å². The molecule has 0 spiro atoms. The van der Waals surface area contributed by atoms with Crippen molar-refractivity contribution in [1.29, 1.82) is 0 Å². The number of nitrogens with one attached hydrogen (secondary N) is 1. The van der Waals surface area contributed by atoms with E-state index in [4.69, 9.17) is 0 Å². The van der Waals surface area contributed by atoms with Crippen LogP contribution in [0.5, 0.6) is 0 Å². The Labute approximate surface area is 102 Å². The molecule has 1 fully saturated rings. The largest absolute Gasteiger partial charge is 0.401 e. The number of piperidine rings is 1. The standard InChI is InChI=1S/C12H23F3N2/c1-10(2)17(9-12(13,14)15)8-11(3)5-4-6-16-7-11/h10,16H,4-9H2,1-3H3. The molecular weight excluding hydrogens is 229 g/mol. The van der Waals surface area contributed by atoms with Crippen LogP contribution >= 0.6 is 0 Å². The van der Waals surface area contributed by atoms with Crippen molar-refractivity contribution in [2.45, 2.75) is 45.8 Å². The summed E-state index contributed by atoms with van der Waals surface area (Å²) in [6, 6.07) is -0.0737. The minimum Gasteiger partial charge on any atom is -0.316 e. The lowest BCUT2D eigenvalue weighted by atomic mass is 9.82. The zero-order valence-corrected chi connectivity index (χ0v) is 10.9. The van der Waals surface area contributed by atoms with Crippen LogP contribution in [0.3, 0.4) is 0 Å². The minimum atomic E-state index is -4.11. The molecule has 2 nitrogen and oxygen atoms in total. The van der Waals surface area contributed by atoms with Crippen molar-refractivity contribution in [1.82, 2.24) is 10.2 Å². The topological polar surface area (TPSA) is 15.3 Å². The molecule has 0 bridgehead atoms. The number of nitrogens with zero attached hydrogens (tertiary/aromatic N) is 1. The van der Waals surface area contributed by atoms with Crippen molar-refractivity contribution in [3.63, 3.8) is 0 Å². The Morgan fingerprint density at radius 2 is 2.00 bits per heavy atom. The van der Waals surface area contributed by atoms with Crippen molar-refractivity contribution >= 4 is 0 Å². The average Bonchev–Trinajstić information content (AvgIpc) is 2.15. The lowest BCUT2D eigenvalue weighted by Crippen LogP contribution is -2.50. The Morgan fingerprint density at radius 3 is 2.41 bits per heavy atom. The van der Waals surface area contributed by atoms with Gasteiger partial charge in [0.25, 0.3) is 0 Å². The summed E-state index contributed by atoms with van der Waals surface area (Å²) in [7, 11) is 0. The van der Waals surface area contributed by atoms with Gasteiger partial charge in [-0.05, 0) is 38.6 Å². The van der Waals surface area contributed by atoms with Gasteiger partial charge in [-0.3, -0.25) is 4.90 Å². The fourth-order valence-corrected chi connectivity index (χ4v) is 2.40. The zero-order valence-electron chi connectivity index (χ0n) is 10.9. The third-order valence-electron chi connectivity index (χ3n) is 3.38. The van der Waals surface area contributed by atoms with Gasteiger partial charge < -0.3 is 5.32 Å². The summed E-state index contributed by atoms with van der Waals surface area (Å²) in [4.78, 5) is 1.53. The summed E-state index contributed by atoms with van der Waals surface area (Å²) < 4.78 is 37.5. The van der Waals surface area contributed by atoms with Gasteiger partial charge in [0.05, 0.1) is 6.54 Å². The fourth-order valence-electron chi connectivity index (χ4n) is 2.40. The number of hydrogen-bond donors (Lipinski definition) is 1. The van der Waals surface area contributed by atoms with Gasteiger partial charge in [0.15, 0.2) is 0 Å². The van der Waals surface area contributed by atoms with Crippen LogP contribution in [0.15, 0.2) is 0 Å². The second kappa shape index (κ2) is 5.57. The van der Waals surface area contributed by atoms with Gasteiger partial charge in [0.1, 0.15) is 0 Å². The van der Waals surface area contributed by atoms with Crippen LogP contribution in [0, 0.1) is 5.41 Å². The number of hydrogen-bond acceptors (Lipinski definition) is 2. The summed E-state index contributed by atoms with van der Waals surface area (Å²) in [6.45, 7) is 7.23. The van der Waals surface area contributed by atoms with E-state index in [1.807, 2.05) is 13.8 Å². The molecule has 1 heterocycles. The lowest BCUT2D eigenvalue weighted by Gasteiger charge is -2.40. The normalized spacial score (nSPS) is 26.8. The first-order valence-electron chi connectivity index (χ1n) is 6.23. The molecule has 0 radical (unpaired) electrons. The molecule has 1 saturated heterocycles. The Balaban J connectivity index is 2.59. The van der Waals surface area contributed by atoms with E-state index in [0.29, 0.717) is 6.54 Å². The Bertz CT molecular complexity index is 232. The van der Waals surface area contributed by atoms with Crippen molar-refractivity contribution in [2.75, 3.05) is 26.2 Å². The van der Waals surface area contributed by atoms with Crippen molar-refractivity contribution in [2.24, 2.45) is 5.41 Å². The van der Waals surface area contributed by atoms with Crippen LogP contribution in [0.4, 0.5) is 13.2 Å². The molecule has 5 heteroatoms. The lowest BCUT2D eigenvalue weighted by molar-refractivity contribution is -0.153. The van der Waals surface area contributed by atoms with Gasteiger partial charge >= 0.3 is 6.18 Å². The van der Waals surface area contributed by atoms with Crippen molar-refractivity contribution in [3.8, 4) is 0 Å². The summed E-state index contributed by atoms with van der Waals surface area (Å²) >= 11 is 0. The van der Waals surface area contributed by atoms with E-state index >= 15 is 0 Å². The average molecular weight is 252 g/mol. The summed E-state index contributed by atoms with van der Waals surface area (Å²) in [6.07, 6.45) is -2.06. The molecule has 0 aromatic rings. The van der Waals surface area contributed by atoms with Crippen LogP contribution in [0.1, 0.15) is 33.6 Å². The fraction of sp³-hybridized carbons (Fsp3) is 1.00. The van der Waals surface area contributed by atoms with Crippen LogP contribution in [0.25, 0.3) is 0 Å². The molecule has 1 N–H and O–H groups in total. The minimum absolute atomic E-state index is 0.0340. The Morgan fingerprint density at radius 1 is 1.35 bits per heavy atom. The van der Waals surface area contributed by atoms with Gasteiger partial charge in [-0.25, -0.2) is 0 Å². The van der Waals surface area contributed by atoms with E-state index in [-0.39, 0.29) is 11.5 Å². The second-order valence-corrected chi connectivity index (χ2v) is 5.70.